The summed E-state index contributed by atoms with van der Waals surface area (Å²) in [5.74, 6) is 0.599. The molecule has 0 bridgehead atoms. The predicted molar refractivity (Wildman–Crippen MR) is 113 cm³/mol. The molecule has 26 heavy (non-hydrogen) atoms. The maximum absolute atomic E-state index is 5.93. The third-order valence-electron chi connectivity index (χ3n) is 5.20. The Labute approximate surface area is 164 Å². The lowest BCUT2D eigenvalue weighted by molar-refractivity contribution is 0.310. The van der Waals surface area contributed by atoms with Crippen molar-refractivity contribution in [2.24, 2.45) is 0 Å². The highest BCUT2D eigenvalue weighted by molar-refractivity contribution is 7.80. The smallest absolute Gasteiger partial charge is 0.169 e. The van der Waals surface area contributed by atoms with Crippen molar-refractivity contribution in [3.8, 4) is 0 Å². The monoisotopic (exact) mass is 383 g/mol. The molecule has 0 spiro atoms. The highest BCUT2D eigenvalue weighted by atomic mass is 35.5. The van der Waals surface area contributed by atoms with Crippen LogP contribution in [0.1, 0.15) is 29.9 Å². The second-order valence-electron chi connectivity index (χ2n) is 6.84. The van der Waals surface area contributed by atoms with E-state index in [1.165, 1.54) is 22.0 Å². The van der Waals surface area contributed by atoms with Crippen LogP contribution in [-0.4, -0.2) is 28.1 Å². The normalized spacial score (nSPS) is 15.3. The van der Waals surface area contributed by atoms with Crippen LogP contribution in [0.2, 0.25) is 5.02 Å². The largest absolute Gasteiger partial charge is 0.361 e. The highest BCUT2D eigenvalue weighted by Crippen LogP contribution is 2.33. The molecule has 0 unspecified atom stereocenters. The Morgan fingerprint density at radius 2 is 1.85 bits per heavy atom. The zero-order chi connectivity index (χ0) is 17.9. The SMILES string of the molecule is S=C(NCc1ccc(Cl)cc1)N1CCC(c2c[nH]c3ccccc23)CC1. The second kappa shape index (κ2) is 7.68. The summed E-state index contributed by atoms with van der Waals surface area (Å²) in [5.41, 5.74) is 3.86. The number of nitrogens with zero attached hydrogens (tertiary/aromatic N) is 1. The van der Waals surface area contributed by atoms with Crippen LogP contribution >= 0.6 is 23.8 Å². The van der Waals surface area contributed by atoms with Crippen LogP contribution < -0.4 is 5.32 Å². The number of thiocarbonyl (C=S) groups is 1. The molecular formula is C21H22ClN3S. The molecule has 0 aliphatic carbocycles. The number of H-pyrrole nitrogens is 1. The maximum atomic E-state index is 5.93. The Balaban J connectivity index is 1.33. The van der Waals surface area contributed by atoms with Gasteiger partial charge in [0.25, 0.3) is 0 Å². The summed E-state index contributed by atoms with van der Waals surface area (Å²) < 4.78 is 0. The lowest BCUT2D eigenvalue weighted by Crippen LogP contribution is -2.43. The summed E-state index contributed by atoms with van der Waals surface area (Å²) >= 11 is 11.5. The Kier molecular flexibility index (Phi) is 5.14. The average Bonchev–Trinajstić information content (AvgIpc) is 3.11. The van der Waals surface area contributed by atoms with Crippen LogP contribution in [-0.2, 0) is 6.54 Å². The van der Waals surface area contributed by atoms with Crippen LogP contribution in [0, 0.1) is 0 Å². The van der Waals surface area contributed by atoms with Crippen LogP contribution in [0.15, 0.2) is 54.7 Å². The van der Waals surface area contributed by atoms with Gasteiger partial charge in [-0.2, -0.15) is 0 Å². The summed E-state index contributed by atoms with van der Waals surface area (Å²) in [6.07, 6.45) is 4.44. The van der Waals surface area contributed by atoms with Gasteiger partial charge in [0.1, 0.15) is 0 Å². The van der Waals surface area contributed by atoms with Gasteiger partial charge in [0.2, 0.25) is 0 Å². The van der Waals surface area contributed by atoms with E-state index in [0.717, 1.165) is 42.6 Å². The minimum absolute atomic E-state index is 0.599. The van der Waals surface area contributed by atoms with E-state index in [-0.39, 0.29) is 0 Å². The summed E-state index contributed by atoms with van der Waals surface area (Å²) in [5, 5.41) is 6.34. The lowest BCUT2D eigenvalue weighted by Gasteiger charge is -2.34. The first kappa shape index (κ1) is 17.4. The fourth-order valence-electron chi connectivity index (χ4n) is 3.72. The van der Waals surface area contributed by atoms with Crippen molar-refractivity contribution >= 4 is 39.8 Å². The van der Waals surface area contributed by atoms with E-state index >= 15 is 0 Å². The lowest BCUT2D eigenvalue weighted by atomic mass is 9.89. The van der Waals surface area contributed by atoms with Crippen LogP contribution in [0.3, 0.4) is 0 Å². The fourth-order valence-corrected chi connectivity index (χ4v) is 4.10. The molecule has 1 aliphatic rings. The van der Waals surface area contributed by atoms with E-state index in [9.17, 15) is 0 Å². The van der Waals surface area contributed by atoms with E-state index in [1.807, 2.05) is 24.3 Å². The number of aromatic amines is 1. The number of hydrogen-bond acceptors (Lipinski definition) is 1. The molecule has 0 saturated carbocycles. The van der Waals surface area contributed by atoms with E-state index < -0.39 is 0 Å². The van der Waals surface area contributed by atoms with Gasteiger partial charge in [-0.3, -0.25) is 0 Å². The van der Waals surface area contributed by atoms with Gasteiger partial charge >= 0.3 is 0 Å². The third kappa shape index (κ3) is 3.71. The topological polar surface area (TPSA) is 31.1 Å². The van der Waals surface area contributed by atoms with Crippen LogP contribution in [0.4, 0.5) is 0 Å². The predicted octanol–water partition coefficient (Wildman–Crippen LogP) is 5.08. The van der Waals surface area contributed by atoms with Gasteiger partial charge < -0.3 is 15.2 Å². The molecule has 0 amide bonds. The van der Waals surface area contributed by atoms with Crippen LogP contribution in [0.5, 0.6) is 0 Å². The first-order valence-electron chi connectivity index (χ1n) is 9.04. The first-order chi connectivity index (χ1) is 12.7. The molecule has 1 saturated heterocycles. The quantitative estimate of drug-likeness (QED) is 0.618. The number of benzene rings is 2. The van der Waals surface area contributed by atoms with Gasteiger partial charge in [-0.1, -0.05) is 41.9 Å². The Hall–Kier alpha value is -2.04. The van der Waals surface area contributed by atoms with Crippen molar-refractivity contribution in [3.05, 3.63) is 70.9 Å². The van der Waals surface area contributed by atoms with Crippen LogP contribution in [0.25, 0.3) is 10.9 Å². The van der Waals surface area contributed by atoms with Gasteiger partial charge in [0.05, 0.1) is 0 Å². The van der Waals surface area contributed by atoms with Crippen molar-refractivity contribution < 1.29 is 0 Å². The standard InChI is InChI=1S/C21H22ClN3S/c22-17-7-5-15(6-8-17)13-24-21(26)25-11-9-16(10-12-25)19-14-23-20-4-2-1-3-18(19)20/h1-8,14,16,23H,9-13H2,(H,24,26). The van der Waals surface area contributed by atoms with E-state index in [0.29, 0.717) is 5.92 Å². The molecule has 4 rings (SSSR count). The molecule has 1 aliphatic heterocycles. The van der Waals surface area contributed by atoms with Gasteiger partial charge in [0, 0.05) is 41.8 Å². The van der Waals surface area contributed by atoms with E-state index in [1.54, 1.807) is 0 Å². The highest BCUT2D eigenvalue weighted by Gasteiger charge is 2.23. The number of hydrogen-bond donors (Lipinski definition) is 2. The molecule has 2 aromatic carbocycles. The number of piperidine rings is 1. The van der Waals surface area contributed by atoms with Crippen molar-refractivity contribution in [1.82, 2.24) is 15.2 Å². The molecule has 0 atom stereocenters. The Morgan fingerprint density at radius 3 is 2.62 bits per heavy atom. The number of halogens is 1. The molecule has 3 aromatic rings. The Bertz CT molecular complexity index is 895. The molecule has 1 aromatic heterocycles. The Morgan fingerprint density at radius 1 is 1.12 bits per heavy atom. The zero-order valence-electron chi connectivity index (χ0n) is 14.5. The van der Waals surface area contributed by atoms with Gasteiger partial charge in [-0.05, 0) is 60.3 Å². The zero-order valence-corrected chi connectivity index (χ0v) is 16.1. The summed E-state index contributed by atoms with van der Waals surface area (Å²) in [4.78, 5) is 5.69. The number of nitrogens with one attached hydrogen (secondary N) is 2. The average molecular weight is 384 g/mol. The minimum atomic E-state index is 0.599. The van der Waals surface area contributed by atoms with Gasteiger partial charge in [-0.15, -0.1) is 0 Å². The molecule has 0 radical (unpaired) electrons. The van der Waals surface area contributed by atoms with Crippen molar-refractivity contribution in [2.75, 3.05) is 13.1 Å². The molecule has 2 heterocycles. The first-order valence-corrected chi connectivity index (χ1v) is 9.82. The number of para-hydroxylation sites is 1. The van der Waals surface area contributed by atoms with Gasteiger partial charge in [-0.25, -0.2) is 0 Å². The number of aromatic nitrogens is 1. The minimum Gasteiger partial charge on any atom is -0.361 e. The van der Waals surface area contributed by atoms with Crippen molar-refractivity contribution in [2.45, 2.75) is 25.3 Å². The number of rotatable bonds is 3. The number of fused-ring (bicyclic) bond motifs is 1. The molecular weight excluding hydrogens is 362 g/mol. The number of likely N-dealkylation sites (tertiary alicyclic amines) is 1. The third-order valence-corrected chi connectivity index (χ3v) is 5.85. The van der Waals surface area contributed by atoms with E-state index in [4.69, 9.17) is 23.8 Å². The maximum Gasteiger partial charge on any atom is 0.169 e. The van der Waals surface area contributed by atoms with Crippen molar-refractivity contribution in [3.63, 3.8) is 0 Å². The molecule has 134 valence electrons. The van der Waals surface area contributed by atoms with E-state index in [2.05, 4.69) is 45.7 Å². The van der Waals surface area contributed by atoms with Gasteiger partial charge in [0.15, 0.2) is 5.11 Å². The molecule has 5 heteroatoms. The summed E-state index contributed by atoms with van der Waals surface area (Å²) in [6.45, 7) is 2.73. The van der Waals surface area contributed by atoms with Crippen molar-refractivity contribution in [1.29, 1.82) is 0 Å². The second-order valence-corrected chi connectivity index (χ2v) is 7.66. The molecule has 2 N–H and O–H groups in total. The molecule has 1 fully saturated rings. The summed E-state index contributed by atoms with van der Waals surface area (Å²) in [6, 6.07) is 16.4. The fraction of sp³-hybridized carbons (Fsp3) is 0.286. The summed E-state index contributed by atoms with van der Waals surface area (Å²) in [7, 11) is 0. The molecule has 3 nitrogen and oxygen atoms in total.